The lowest BCUT2D eigenvalue weighted by atomic mass is 9.79. The van der Waals surface area contributed by atoms with Crippen LogP contribution in [0.25, 0.3) is 0 Å². The summed E-state index contributed by atoms with van der Waals surface area (Å²) in [5.74, 6) is 1.13. The number of hydrogen-bond acceptors (Lipinski definition) is 4. The Morgan fingerprint density at radius 1 is 1.20 bits per heavy atom. The highest BCUT2D eigenvalue weighted by atomic mass is 16.3. The Morgan fingerprint density at radius 2 is 1.80 bits per heavy atom. The maximum absolute atomic E-state index is 12.6. The fourth-order valence-corrected chi connectivity index (χ4v) is 4.36. The molecular formula is C20H30N2O3. The second-order valence-electron chi connectivity index (χ2n) is 8.06. The first-order valence-corrected chi connectivity index (χ1v) is 9.33. The Labute approximate surface area is 150 Å². The highest BCUT2D eigenvalue weighted by molar-refractivity contribution is 5.94. The van der Waals surface area contributed by atoms with Crippen LogP contribution in [0.4, 0.5) is 5.69 Å². The maximum Gasteiger partial charge on any atom is 0.238 e. The Bertz CT molecular complexity index is 613. The molecule has 1 amide bonds. The molecule has 4 atom stereocenters. The van der Waals surface area contributed by atoms with Crippen LogP contribution in [0.1, 0.15) is 43.7 Å². The summed E-state index contributed by atoms with van der Waals surface area (Å²) in [5, 5.41) is 22.8. The standard InChI is InChI=1S/C20H30N2O3/c1-12(2)16-6-4-5-13(3)20(16)21-19(25)11-22-9-14-7-17(23)18(24)8-15(14)10-22/h4-6,12,14-15,17-18,23-24H,7-11H2,1-3H3,(H,21,25). The van der Waals surface area contributed by atoms with Gasteiger partial charge >= 0.3 is 0 Å². The van der Waals surface area contributed by atoms with Crippen LogP contribution >= 0.6 is 0 Å². The number of fused-ring (bicyclic) bond motifs is 1. The number of aliphatic hydroxyl groups is 2. The van der Waals surface area contributed by atoms with Gasteiger partial charge in [-0.3, -0.25) is 9.69 Å². The summed E-state index contributed by atoms with van der Waals surface area (Å²) in [6.07, 6.45) is 0.0459. The second kappa shape index (κ2) is 7.44. The van der Waals surface area contributed by atoms with Crippen molar-refractivity contribution in [1.82, 2.24) is 4.90 Å². The van der Waals surface area contributed by atoms with Crippen molar-refractivity contribution in [2.45, 2.75) is 51.7 Å². The quantitative estimate of drug-likeness (QED) is 0.781. The Morgan fingerprint density at radius 3 is 2.36 bits per heavy atom. The maximum atomic E-state index is 12.6. The lowest BCUT2D eigenvalue weighted by Gasteiger charge is -2.32. The molecule has 0 bridgehead atoms. The van der Waals surface area contributed by atoms with E-state index in [9.17, 15) is 15.0 Å². The summed E-state index contributed by atoms with van der Waals surface area (Å²) < 4.78 is 0. The molecule has 138 valence electrons. The molecule has 4 unspecified atom stereocenters. The van der Waals surface area contributed by atoms with Gasteiger partial charge in [-0.15, -0.1) is 0 Å². The van der Waals surface area contributed by atoms with Crippen molar-refractivity contribution in [2.75, 3.05) is 25.0 Å². The van der Waals surface area contributed by atoms with E-state index >= 15 is 0 Å². The molecule has 1 saturated heterocycles. The molecule has 0 radical (unpaired) electrons. The SMILES string of the molecule is Cc1cccc(C(C)C)c1NC(=O)CN1CC2CC(O)C(O)CC2C1. The first kappa shape index (κ1) is 18.4. The van der Waals surface area contributed by atoms with Gasteiger partial charge in [-0.05, 0) is 48.6 Å². The van der Waals surface area contributed by atoms with Crippen molar-refractivity contribution in [1.29, 1.82) is 0 Å². The molecule has 0 spiro atoms. The summed E-state index contributed by atoms with van der Waals surface area (Å²) in [7, 11) is 0. The van der Waals surface area contributed by atoms with Crippen molar-refractivity contribution < 1.29 is 15.0 Å². The van der Waals surface area contributed by atoms with Crippen LogP contribution in [0, 0.1) is 18.8 Å². The van der Waals surface area contributed by atoms with Gasteiger partial charge in [0.2, 0.25) is 5.91 Å². The molecule has 1 aliphatic carbocycles. The Hall–Kier alpha value is -1.43. The third-order valence-corrected chi connectivity index (χ3v) is 5.74. The smallest absolute Gasteiger partial charge is 0.238 e. The number of amides is 1. The topological polar surface area (TPSA) is 72.8 Å². The number of carbonyl (C=O) groups excluding carboxylic acids is 1. The van der Waals surface area contributed by atoms with E-state index in [2.05, 4.69) is 30.1 Å². The molecule has 1 heterocycles. The third-order valence-electron chi connectivity index (χ3n) is 5.74. The molecule has 2 aliphatic rings. The first-order chi connectivity index (χ1) is 11.8. The highest BCUT2D eigenvalue weighted by Gasteiger charge is 2.41. The fraction of sp³-hybridized carbons (Fsp3) is 0.650. The first-order valence-electron chi connectivity index (χ1n) is 9.33. The van der Waals surface area contributed by atoms with E-state index < -0.39 is 12.2 Å². The largest absolute Gasteiger partial charge is 0.390 e. The van der Waals surface area contributed by atoms with Gasteiger partial charge in [-0.2, -0.15) is 0 Å². The van der Waals surface area contributed by atoms with Crippen LogP contribution in [0.3, 0.4) is 0 Å². The molecule has 1 aromatic rings. The average Bonchev–Trinajstić information content (AvgIpc) is 2.90. The molecule has 2 fully saturated rings. The van der Waals surface area contributed by atoms with E-state index in [1.165, 1.54) is 0 Å². The minimum atomic E-state index is -0.615. The number of nitrogens with zero attached hydrogens (tertiary/aromatic N) is 1. The van der Waals surface area contributed by atoms with Crippen molar-refractivity contribution in [3.63, 3.8) is 0 Å². The van der Waals surface area contributed by atoms with Gasteiger partial charge in [0.15, 0.2) is 0 Å². The predicted octanol–water partition coefficient (Wildman–Crippen LogP) is 2.12. The lowest BCUT2D eigenvalue weighted by Crippen LogP contribution is -2.38. The van der Waals surface area contributed by atoms with E-state index in [0.717, 1.165) is 29.9 Å². The number of anilines is 1. The number of aliphatic hydroxyl groups excluding tert-OH is 2. The normalized spacial score (nSPS) is 29.7. The minimum absolute atomic E-state index is 0.0101. The highest BCUT2D eigenvalue weighted by Crippen LogP contribution is 2.36. The number of para-hydroxylation sites is 1. The zero-order valence-corrected chi connectivity index (χ0v) is 15.4. The Balaban J connectivity index is 1.61. The lowest BCUT2D eigenvalue weighted by molar-refractivity contribution is -0.117. The van der Waals surface area contributed by atoms with Gasteiger partial charge in [0, 0.05) is 18.8 Å². The molecule has 1 aliphatic heterocycles. The van der Waals surface area contributed by atoms with Crippen molar-refractivity contribution in [2.24, 2.45) is 11.8 Å². The van der Waals surface area contributed by atoms with E-state index in [1.807, 2.05) is 19.1 Å². The zero-order chi connectivity index (χ0) is 18.1. The van der Waals surface area contributed by atoms with Gasteiger partial charge in [0.1, 0.15) is 0 Å². The molecule has 25 heavy (non-hydrogen) atoms. The number of hydrogen-bond donors (Lipinski definition) is 3. The summed E-state index contributed by atoms with van der Waals surface area (Å²) >= 11 is 0. The fourth-order valence-electron chi connectivity index (χ4n) is 4.36. The molecule has 0 aromatic heterocycles. The zero-order valence-electron chi connectivity index (χ0n) is 15.4. The van der Waals surface area contributed by atoms with Crippen LogP contribution in [0.2, 0.25) is 0 Å². The number of benzene rings is 1. The predicted molar refractivity (Wildman–Crippen MR) is 98.6 cm³/mol. The number of carbonyl (C=O) groups is 1. The molecule has 1 saturated carbocycles. The number of rotatable bonds is 4. The third kappa shape index (κ3) is 4.05. The van der Waals surface area contributed by atoms with Crippen molar-refractivity contribution in [3.8, 4) is 0 Å². The average molecular weight is 346 g/mol. The van der Waals surface area contributed by atoms with E-state index in [-0.39, 0.29) is 5.91 Å². The molecular weight excluding hydrogens is 316 g/mol. The van der Waals surface area contributed by atoms with Crippen LogP contribution in [0.15, 0.2) is 18.2 Å². The summed E-state index contributed by atoms with van der Waals surface area (Å²) in [6.45, 7) is 8.30. The van der Waals surface area contributed by atoms with Gasteiger partial charge in [-0.25, -0.2) is 0 Å². The van der Waals surface area contributed by atoms with E-state index in [1.54, 1.807) is 0 Å². The van der Waals surface area contributed by atoms with Gasteiger partial charge < -0.3 is 15.5 Å². The number of likely N-dealkylation sites (tertiary alicyclic amines) is 1. The van der Waals surface area contributed by atoms with Gasteiger partial charge in [-0.1, -0.05) is 32.0 Å². The van der Waals surface area contributed by atoms with Crippen molar-refractivity contribution >= 4 is 11.6 Å². The van der Waals surface area contributed by atoms with Gasteiger partial charge in [0.05, 0.1) is 18.8 Å². The second-order valence-corrected chi connectivity index (χ2v) is 8.06. The monoisotopic (exact) mass is 346 g/mol. The van der Waals surface area contributed by atoms with Crippen LogP contribution in [0.5, 0.6) is 0 Å². The molecule has 5 nitrogen and oxygen atoms in total. The summed E-state index contributed by atoms with van der Waals surface area (Å²) in [6, 6.07) is 6.12. The van der Waals surface area contributed by atoms with E-state index in [0.29, 0.717) is 37.1 Å². The number of nitrogens with one attached hydrogen (secondary N) is 1. The summed E-state index contributed by atoms with van der Waals surface area (Å²) in [4.78, 5) is 14.7. The molecule has 3 N–H and O–H groups in total. The molecule has 1 aromatic carbocycles. The Kier molecular flexibility index (Phi) is 5.46. The van der Waals surface area contributed by atoms with Crippen LogP contribution in [-0.2, 0) is 4.79 Å². The summed E-state index contributed by atoms with van der Waals surface area (Å²) in [5.41, 5.74) is 3.18. The molecule has 5 heteroatoms. The van der Waals surface area contributed by atoms with Crippen LogP contribution in [-0.4, -0.2) is 52.9 Å². The van der Waals surface area contributed by atoms with E-state index in [4.69, 9.17) is 0 Å². The van der Waals surface area contributed by atoms with Crippen LogP contribution < -0.4 is 5.32 Å². The van der Waals surface area contributed by atoms with Crippen molar-refractivity contribution in [3.05, 3.63) is 29.3 Å². The number of aryl methyl sites for hydroxylation is 1. The minimum Gasteiger partial charge on any atom is -0.390 e. The van der Waals surface area contributed by atoms with Gasteiger partial charge in [0.25, 0.3) is 0 Å². The molecule has 3 rings (SSSR count).